The number of nitrogens with one attached hydrogen (secondary N) is 1. The van der Waals surface area contributed by atoms with E-state index >= 15 is 0 Å². The molecule has 41 heavy (non-hydrogen) atoms. The molecule has 1 heterocycles. The summed E-state index contributed by atoms with van der Waals surface area (Å²) in [5.74, 6) is -0.0883. The normalized spacial score (nSPS) is 11.5. The van der Waals surface area contributed by atoms with E-state index in [9.17, 15) is 9.59 Å². The third kappa shape index (κ3) is 6.01. The Morgan fingerprint density at radius 3 is 1.98 bits per heavy atom. The van der Waals surface area contributed by atoms with Gasteiger partial charge in [0.15, 0.2) is 6.10 Å². The molecule has 0 bridgehead atoms. The number of methoxy groups -OCH3 is 2. The van der Waals surface area contributed by atoms with Crippen molar-refractivity contribution in [3.8, 4) is 34.0 Å². The van der Waals surface area contributed by atoms with Crippen molar-refractivity contribution < 1.29 is 23.8 Å². The van der Waals surface area contributed by atoms with Gasteiger partial charge >= 0.3 is 5.97 Å². The summed E-state index contributed by atoms with van der Waals surface area (Å²) in [7, 11) is 3.04. The van der Waals surface area contributed by atoms with Crippen molar-refractivity contribution in [3.05, 3.63) is 103 Å². The quantitative estimate of drug-likeness (QED) is 0.209. The lowest BCUT2D eigenvalue weighted by Gasteiger charge is -2.18. The van der Waals surface area contributed by atoms with Gasteiger partial charge in [-0.05, 0) is 36.8 Å². The molecule has 0 spiro atoms. The minimum Gasteiger partial charge on any atom is -0.497 e. The van der Waals surface area contributed by atoms with E-state index in [0.29, 0.717) is 33.9 Å². The first kappa shape index (κ1) is 27.3. The summed E-state index contributed by atoms with van der Waals surface area (Å²) < 4.78 is 16.2. The molecule has 5 rings (SSSR count). The molecule has 8 nitrogen and oxygen atoms in total. The number of hydrogen-bond donors (Lipinski definition) is 1. The molecule has 0 fully saturated rings. The van der Waals surface area contributed by atoms with Crippen LogP contribution in [-0.2, 0) is 9.53 Å². The number of rotatable bonds is 9. The minimum atomic E-state index is -1.02. The van der Waals surface area contributed by atoms with Gasteiger partial charge in [0.1, 0.15) is 11.5 Å². The van der Waals surface area contributed by atoms with Crippen molar-refractivity contribution in [1.82, 2.24) is 9.97 Å². The van der Waals surface area contributed by atoms with E-state index in [1.54, 1.807) is 50.4 Å². The lowest BCUT2D eigenvalue weighted by molar-refractivity contribution is -0.124. The smallest absolute Gasteiger partial charge is 0.338 e. The van der Waals surface area contributed by atoms with E-state index < -0.39 is 18.0 Å². The first-order chi connectivity index (χ1) is 20.0. The van der Waals surface area contributed by atoms with Gasteiger partial charge in [-0.1, -0.05) is 67.6 Å². The van der Waals surface area contributed by atoms with E-state index in [1.807, 2.05) is 60.7 Å². The molecule has 0 aliphatic rings. The Morgan fingerprint density at radius 1 is 0.756 bits per heavy atom. The second kappa shape index (κ2) is 12.3. The third-order valence-electron chi connectivity index (χ3n) is 6.57. The van der Waals surface area contributed by atoms with E-state index in [1.165, 1.54) is 7.11 Å². The standard InChI is InChI=1S/C33H29N3O5/c1-4-28(32(37)36-26-18-16-24(39-2)20-29(26)40-3)41-33(38)23-15-17-25-27(19-23)35-31(22-13-9-6-10-14-22)30(34-25)21-11-7-5-8-12-21/h5-20,28H,4H2,1-3H3,(H,36,37). The Kier molecular flexibility index (Phi) is 8.20. The number of esters is 1. The molecule has 1 N–H and O–H groups in total. The van der Waals surface area contributed by atoms with Crippen LogP contribution in [0.3, 0.4) is 0 Å². The van der Waals surface area contributed by atoms with E-state index in [0.717, 1.165) is 16.8 Å². The zero-order valence-electron chi connectivity index (χ0n) is 23.0. The van der Waals surface area contributed by atoms with E-state index in [-0.39, 0.29) is 12.0 Å². The van der Waals surface area contributed by atoms with Crippen LogP contribution < -0.4 is 14.8 Å². The number of aromatic nitrogens is 2. The van der Waals surface area contributed by atoms with Gasteiger partial charge in [-0.25, -0.2) is 14.8 Å². The number of hydrogen-bond acceptors (Lipinski definition) is 7. The summed E-state index contributed by atoms with van der Waals surface area (Å²) in [6.45, 7) is 1.77. The lowest BCUT2D eigenvalue weighted by atomic mass is 10.0. The molecule has 5 aromatic rings. The molecule has 0 aliphatic heterocycles. The summed E-state index contributed by atoms with van der Waals surface area (Å²) >= 11 is 0. The fourth-order valence-electron chi connectivity index (χ4n) is 4.41. The van der Waals surface area contributed by atoms with Crippen LogP contribution in [0.1, 0.15) is 23.7 Å². The molecular weight excluding hydrogens is 518 g/mol. The van der Waals surface area contributed by atoms with Crippen molar-refractivity contribution in [2.45, 2.75) is 19.4 Å². The summed E-state index contributed by atoms with van der Waals surface area (Å²) in [5, 5.41) is 2.78. The highest BCUT2D eigenvalue weighted by Gasteiger charge is 2.24. The Labute approximate surface area is 237 Å². The van der Waals surface area contributed by atoms with Crippen LogP contribution in [-0.4, -0.2) is 42.2 Å². The largest absolute Gasteiger partial charge is 0.497 e. The Bertz CT molecular complexity index is 1690. The fraction of sp³-hybridized carbons (Fsp3) is 0.152. The Balaban J connectivity index is 1.42. The number of ether oxygens (including phenoxy) is 3. The van der Waals surface area contributed by atoms with Gasteiger partial charge in [0.05, 0.1) is 47.9 Å². The first-order valence-corrected chi connectivity index (χ1v) is 13.2. The maximum atomic E-state index is 13.2. The Morgan fingerprint density at radius 2 is 1.39 bits per heavy atom. The molecule has 0 radical (unpaired) electrons. The highest BCUT2D eigenvalue weighted by atomic mass is 16.5. The molecular formula is C33H29N3O5. The van der Waals surface area contributed by atoms with Gasteiger partial charge in [-0.3, -0.25) is 4.79 Å². The van der Waals surface area contributed by atoms with Crippen molar-refractivity contribution in [2.75, 3.05) is 19.5 Å². The summed E-state index contributed by atoms with van der Waals surface area (Å²) in [5.41, 5.74) is 5.18. The second-order valence-electron chi connectivity index (χ2n) is 9.21. The highest BCUT2D eigenvalue weighted by molar-refractivity contribution is 5.99. The molecule has 0 aliphatic carbocycles. The number of fused-ring (bicyclic) bond motifs is 1. The second-order valence-corrected chi connectivity index (χ2v) is 9.21. The molecule has 206 valence electrons. The van der Waals surface area contributed by atoms with E-state index in [4.69, 9.17) is 24.2 Å². The number of nitrogens with zero attached hydrogens (tertiary/aromatic N) is 2. The van der Waals surface area contributed by atoms with Gasteiger partial charge in [-0.15, -0.1) is 0 Å². The summed E-state index contributed by atoms with van der Waals surface area (Å²) in [6.07, 6.45) is -0.737. The van der Waals surface area contributed by atoms with Crippen LogP contribution >= 0.6 is 0 Å². The van der Waals surface area contributed by atoms with Crippen molar-refractivity contribution in [3.63, 3.8) is 0 Å². The molecule has 1 aromatic heterocycles. The SMILES string of the molecule is CCC(OC(=O)c1ccc2nc(-c3ccccc3)c(-c3ccccc3)nc2c1)C(=O)Nc1ccc(OC)cc1OC. The monoisotopic (exact) mass is 547 g/mol. The van der Waals surface area contributed by atoms with Gasteiger partial charge in [0.25, 0.3) is 5.91 Å². The molecule has 0 saturated carbocycles. The average molecular weight is 548 g/mol. The van der Waals surface area contributed by atoms with Gasteiger partial charge in [-0.2, -0.15) is 0 Å². The van der Waals surface area contributed by atoms with Crippen LogP contribution in [0.5, 0.6) is 11.5 Å². The van der Waals surface area contributed by atoms with Crippen LogP contribution in [0.2, 0.25) is 0 Å². The first-order valence-electron chi connectivity index (χ1n) is 13.2. The van der Waals surface area contributed by atoms with Crippen molar-refractivity contribution >= 4 is 28.6 Å². The molecule has 1 atom stereocenters. The van der Waals surface area contributed by atoms with Gasteiger partial charge < -0.3 is 19.5 Å². The van der Waals surface area contributed by atoms with E-state index in [2.05, 4.69) is 5.32 Å². The van der Waals surface area contributed by atoms with Crippen molar-refractivity contribution in [1.29, 1.82) is 0 Å². The molecule has 8 heteroatoms. The van der Waals surface area contributed by atoms with Crippen molar-refractivity contribution in [2.24, 2.45) is 0 Å². The van der Waals surface area contributed by atoms with Gasteiger partial charge in [0.2, 0.25) is 0 Å². The predicted octanol–water partition coefficient (Wildman–Crippen LogP) is 6.56. The number of amides is 1. The molecule has 1 unspecified atom stereocenters. The number of carbonyl (C=O) groups excluding carboxylic acids is 2. The van der Waals surface area contributed by atoms with Crippen LogP contribution in [0.25, 0.3) is 33.5 Å². The third-order valence-corrected chi connectivity index (χ3v) is 6.57. The maximum Gasteiger partial charge on any atom is 0.338 e. The van der Waals surface area contributed by atoms with Crippen LogP contribution in [0.4, 0.5) is 5.69 Å². The lowest BCUT2D eigenvalue weighted by Crippen LogP contribution is -2.32. The zero-order valence-corrected chi connectivity index (χ0v) is 23.0. The summed E-state index contributed by atoms with van der Waals surface area (Å²) in [4.78, 5) is 36.0. The van der Waals surface area contributed by atoms with Crippen LogP contribution in [0.15, 0.2) is 97.1 Å². The number of anilines is 1. The van der Waals surface area contributed by atoms with Gasteiger partial charge in [0, 0.05) is 17.2 Å². The van der Waals surface area contributed by atoms with Crippen LogP contribution in [0, 0.1) is 0 Å². The topological polar surface area (TPSA) is 99.6 Å². The Hall–Kier alpha value is -5.24. The average Bonchev–Trinajstić information content (AvgIpc) is 3.03. The zero-order chi connectivity index (χ0) is 28.8. The number of benzene rings is 4. The predicted molar refractivity (Wildman–Crippen MR) is 158 cm³/mol. The number of carbonyl (C=O) groups is 2. The maximum absolute atomic E-state index is 13.2. The molecule has 4 aromatic carbocycles. The highest BCUT2D eigenvalue weighted by Crippen LogP contribution is 2.32. The summed E-state index contributed by atoms with van der Waals surface area (Å²) in [6, 6.07) is 29.7. The minimum absolute atomic E-state index is 0.270. The molecule has 0 saturated heterocycles. The fourth-order valence-corrected chi connectivity index (χ4v) is 4.41. The molecule has 1 amide bonds.